The van der Waals surface area contributed by atoms with Gasteiger partial charge in [-0.2, -0.15) is 0 Å². The van der Waals surface area contributed by atoms with Crippen molar-refractivity contribution >= 4 is 17.5 Å². The number of hydrazine groups is 1. The number of fused-ring (bicyclic) bond motifs is 1. The van der Waals surface area contributed by atoms with Crippen molar-refractivity contribution < 1.29 is 4.79 Å². The maximum Gasteiger partial charge on any atom is 0.223 e. The Balaban J connectivity index is 1.85. The van der Waals surface area contributed by atoms with Crippen molar-refractivity contribution in [1.29, 1.82) is 0 Å². The van der Waals surface area contributed by atoms with Crippen LogP contribution in [-0.4, -0.2) is 46.5 Å². The van der Waals surface area contributed by atoms with Crippen molar-refractivity contribution in [1.82, 2.24) is 14.9 Å². The normalized spacial score (nSPS) is 21.6. The standard InChI is InChI=1S/C14H22N6O/c1-2-3-11-13(18-15)16-9-17-14(11)19-6-7-20-10(8-19)4-5-12(20)21/h9-10H,2-8,15H2,1H3,(H,16,17,18). The van der Waals surface area contributed by atoms with E-state index in [0.717, 1.165) is 50.3 Å². The quantitative estimate of drug-likeness (QED) is 0.621. The summed E-state index contributed by atoms with van der Waals surface area (Å²) in [4.78, 5) is 24.8. The molecule has 0 saturated carbocycles. The van der Waals surface area contributed by atoms with E-state index in [1.54, 1.807) is 6.33 Å². The van der Waals surface area contributed by atoms with E-state index < -0.39 is 0 Å². The van der Waals surface area contributed by atoms with Gasteiger partial charge in [-0.05, 0) is 12.8 Å². The summed E-state index contributed by atoms with van der Waals surface area (Å²) >= 11 is 0. The number of rotatable bonds is 4. The molecule has 3 rings (SSSR count). The van der Waals surface area contributed by atoms with Crippen LogP contribution < -0.4 is 16.2 Å². The maximum atomic E-state index is 11.8. The largest absolute Gasteiger partial charge is 0.352 e. The Morgan fingerprint density at radius 2 is 2.29 bits per heavy atom. The summed E-state index contributed by atoms with van der Waals surface area (Å²) in [5.74, 6) is 7.52. The predicted octanol–water partition coefficient (Wildman–Crippen LogP) is 0.526. The molecule has 1 aromatic heterocycles. The fourth-order valence-electron chi connectivity index (χ4n) is 3.34. The Morgan fingerprint density at radius 3 is 3.05 bits per heavy atom. The highest BCUT2D eigenvalue weighted by Gasteiger charge is 2.36. The molecular weight excluding hydrogens is 268 g/mol. The Labute approximate surface area is 124 Å². The molecule has 2 aliphatic rings. The number of nitrogens with one attached hydrogen (secondary N) is 1. The Morgan fingerprint density at radius 1 is 1.43 bits per heavy atom. The lowest BCUT2D eigenvalue weighted by Gasteiger charge is -2.39. The summed E-state index contributed by atoms with van der Waals surface area (Å²) in [6, 6.07) is 0.324. The molecule has 1 atom stereocenters. The van der Waals surface area contributed by atoms with E-state index in [1.165, 1.54) is 0 Å². The van der Waals surface area contributed by atoms with Crippen LogP contribution in [0.2, 0.25) is 0 Å². The molecular formula is C14H22N6O. The highest BCUT2D eigenvalue weighted by molar-refractivity contribution is 5.79. The number of carbonyl (C=O) groups is 1. The van der Waals surface area contributed by atoms with E-state index in [0.29, 0.717) is 24.2 Å². The van der Waals surface area contributed by atoms with E-state index in [2.05, 4.69) is 27.2 Å². The van der Waals surface area contributed by atoms with Crippen molar-refractivity contribution in [2.45, 2.75) is 38.6 Å². The molecule has 0 spiro atoms. The minimum Gasteiger partial charge on any atom is -0.352 e. The second-order valence-electron chi connectivity index (χ2n) is 5.64. The number of hydrogen-bond acceptors (Lipinski definition) is 6. The molecule has 7 heteroatoms. The van der Waals surface area contributed by atoms with E-state index in [4.69, 9.17) is 5.84 Å². The first kappa shape index (κ1) is 14.1. The molecule has 0 aliphatic carbocycles. The number of nitrogens with zero attached hydrogens (tertiary/aromatic N) is 4. The average molecular weight is 290 g/mol. The summed E-state index contributed by atoms with van der Waals surface area (Å²) in [7, 11) is 0. The minimum absolute atomic E-state index is 0.292. The van der Waals surface area contributed by atoms with Crippen molar-refractivity contribution in [2.75, 3.05) is 30.0 Å². The lowest BCUT2D eigenvalue weighted by atomic mass is 10.1. The lowest BCUT2D eigenvalue weighted by Crippen LogP contribution is -2.52. The van der Waals surface area contributed by atoms with Crippen molar-refractivity contribution in [2.24, 2.45) is 5.84 Å². The topological polar surface area (TPSA) is 87.4 Å². The van der Waals surface area contributed by atoms with Gasteiger partial charge >= 0.3 is 0 Å². The molecule has 0 aromatic carbocycles. The fourth-order valence-corrected chi connectivity index (χ4v) is 3.34. The van der Waals surface area contributed by atoms with Gasteiger partial charge in [0.25, 0.3) is 0 Å². The Bertz CT molecular complexity index is 534. The molecule has 0 radical (unpaired) electrons. The first-order chi connectivity index (χ1) is 10.2. The lowest BCUT2D eigenvalue weighted by molar-refractivity contribution is -0.129. The molecule has 1 amide bonds. The van der Waals surface area contributed by atoms with E-state index in [1.807, 2.05) is 4.90 Å². The molecule has 0 bridgehead atoms. The predicted molar refractivity (Wildman–Crippen MR) is 80.8 cm³/mol. The molecule has 7 nitrogen and oxygen atoms in total. The summed E-state index contributed by atoms with van der Waals surface area (Å²) in [5.41, 5.74) is 3.74. The van der Waals surface area contributed by atoms with Gasteiger partial charge < -0.3 is 15.2 Å². The van der Waals surface area contributed by atoms with Crippen LogP contribution in [0.4, 0.5) is 11.6 Å². The number of nitrogens with two attached hydrogens (primary N) is 1. The molecule has 2 aliphatic heterocycles. The monoisotopic (exact) mass is 290 g/mol. The van der Waals surface area contributed by atoms with Crippen molar-refractivity contribution in [3.05, 3.63) is 11.9 Å². The van der Waals surface area contributed by atoms with Crippen LogP contribution in [0, 0.1) is 0 Å². The molecule has 1 aromatic rings. The molecule has 2 saturated heterocycles. The van der Waals surface area contributed by atoms with Crippen LogP contribution in [-0.2, 0) is 11.2 Å². The van der Waals surface area contributed by atoms with Crippen LogP contribution >= 0.6 is 0 Å². The number of anilines is 2. The van der Waals surface area contributed by atoms with Crippen LogP contribution in [0.3, 0.4) is 0 Å². The number of hydrogen-bond donors (Lipinski definition) is 2. The zero-order chi connectivity index (χ0) is 14.8. The maximum absolute atomic E-state index is 11.8. The second-order valence-corrected chi connectivity index (χ2v) is 5.64. The van der Waals surface area contributed by atoms with Crippen molar-refractivity contribution in [3.63, 3.8) is 0 Å². The molecule has 1 unspecified atom stereocenters. The highest BCUT2D eigenvalue weighted by Crippen LogP contribution is 2.29. The van der Waals surface area contributed by atoms with E-state index in [-0.39, 0.29) is 0 Å². The summed E-state index contributed by atoms with van der Waals surface area (Å²) in [5, 5.41) is 0. The third kappa shape index (κ3) is 2.53. The highest BCUT2D eigenvalue weighted by atomic mass is 16.2. The SMILES string of the molecule is CCCc1c(NN)ncnc1N1CCN2C(=O)CCC2C1. The molecule has 114 valence electrons. The average Bonchev–Trinajstić information content (AvgIpc) is 2.88. The number of carbonyl (C=O) groups excluding carboxylic acids is 1. The third-order valence-electron chi connectivity index (χ3n) is 4.35. The first-order valence-electron chi connectivity index (χ1n) is 7.59. The van der Waals surface area contributed by atoms with E-state index >= 15 is 0 Å². The number of aromatic nitrogens is 2. The van der Waals surface area contributed by atoms with E-state index in [9.17, 15) is 4.79 Å². The van der Waals surface area contributed by atoms with Crippen LogP contribution in [0.15, 0.2) is 6.33 Å². The van der Waals surface area contributed by atoms with Crippen LogP contribution in [0.25, 0.3) is 0 Å². The zero-order valence-electron chi connectivity index (χ0n) is 12.4. The summed E-state index contributed by atoms with van der Waals surface area (Å²) < 4.78 is 0. The van der Waals surface area contributed by atoms with Gasteiger partial charge in [-0.15, -0.1) is 0 Å². The van der Waals surface area contributed by atoms with Gasteiger partial charge in [0, 0.05) is 37.7 Å². The van der Waals surface area contributed by atoms with Crippen LogP contribution in [0.1, 0.15) is 31.7 Å². The van der Waals surface area contributed by atoms with Gasteiger partial charge in [0.1, 0.15) is 18.0 Å². The fraction of sp³-hybridized carbons (Fsp3) is 0.643. The van der Waals surface area contributed by atoms with Gasteiger partial charge in [-0.1, -0.05) is 13.3 Å². The molecule has 21 heavy (non-hydrogen) atoms. The summed E-state index contributed by atoms with van der Waals surface area (Å²) in [6.45, 7) is 4.58. The smallest absolute Gasteiger partial charge is 0.223 e. The van der Waals surface area contributed by atoms with Gasteiger partial charge in [0.15, 0.2) is 0 Å². The molecule has 2 fully saturated rings. The Kier molecular flexibility index (Phi) is 3.92. The van der Waals surface area contributed by atoms with Gasteiger partial charge in [0.2, 0.25) is 5.91 Å². The van der Waals surface area contributed by atoms with Crippen LogP contribution in [0.5, 0.6) is 0 Å². The Hall–Kier alpha value is -1.89. The minimum atomic E-state index is 0.292. The molecule has 3 heterocycles. The number of piperazine rings is 1. The molecule has 3 N–H and O–H groups in total. The zero-order valence-corrected chi connectivity index (χ0v) is 12.4. The second kappa shape index (κ2) is 5.85. The third-order valence-corrected chi connectivity index (χ3v) is 4.35. The van der Waals surface area contributed by atoms with Gasteiger partial charge in [-0.3, -0.25) is 4.79 Å². The summed E-state index contributed by atoms with van der Waals surface area (Å²) in [6.07, 6.45) is 5.08. The van der Waals surface area contributed by atoms with Gasteiger partial charge in [0.05, 0.1) is 0 Å². The number of nitrogen functional groups attached to an aromatic ring is 1. The number of amides is 1. The van der Waals surface area contributed by atoms with Crippen molar-refractivity contribution in [3.8, 4) is 0 Å². The first-order valence-corrected chi connectivity index (χ1v) is 7.59. The van der Waals surface area contributed by atoms with Gasteiger partial charge in [-0.25, -0.2) is 15.8 Å².